The Morgan fingerprint density at radius 3 is 3.12 bits per heavy atom. The first-order valence-electron chi connectivity index (χ1n) is 6.13. The van der Waals surface area contributed by atoms with Crippen LogP contribution in [0.15, 0.2) is 24.3 Å². The second-order valence-electron chi connectivity index (χ2n) is 4.54. The second-order valence-corrected chi connectivity index (χ2v) is 5.63. The smallest absolute Gasteiger partial charge is 0.140 e. The molecule has 3 heteroatoms. The molecule has 2 nitrogen and oxygen atoms in total. The number of anilines is 1. The number of hydrogen-bond donors (Lipinski definition) is 1. The zero-order valence-corrected chi connectivity index (χ0v) is 10.8. The van der Waals surface area contributed by atoms with E-state index in [4.69, 9.17) is 4.98 Å². The van der Waals surface area contributed by atoms with Crippen molar-refractivity contribution in [3.8, 4) is 10.6 Å². The molecular formula is C14H16N2S. The number of aromatic nitrogens is 1. The molecule has 2 aromatic rings. The van der Waals surface area contributed by atoms with Gasteiger partial charge in [-0.2, -0.15) is 0 Å². The van der Waals surface area contributed by atoms with Crippen LogP contribution in [0.2, 0.25) is 0 Å². The van der Waals surface area contributed by atoms with Crippen LogP contribution in [-0.4, -0.2) is 11.5 Å². The van der Waals surface area contributed by atoms with Gasteiger partial charge >= 0.3 is 0 Å². The highest BCUT2D eigenvalue weighted by atomic mass is 32.1. The summed E-state index contributed by atoms with van der Waals surface area (Å²) in [5.41, 5.74) is 2.53. The number of fused-ring (bicyclic) bond motifs is 1. The van der Waals surface area contributed by atoms with Crippen LogP contribution in [0.25, 0.3) is 10.6 Å². The predicted octanol–water partition coefficient (Wildman–Crippen LogP) is 3.87. The first-order chi connectivity index (χ1) is 8.33. The van der Waals surface area contributed by atoms with E-state index < -0.39 is 0 Å². The summed E-state index contributed by atoms with van der Waals surface area (Å²) in [5, 5.41) is 4.58. The van der Waals surface area contributed by atoms with Crippen LogP contribution in [0.5, 0.6) is 0 Å². The molecule has 0 atom stereocenters. The van der Waals surface area contributed by atoms with Crippen molar-refractivity contribution in [3.63, 3.8) is 0 Å². The maximum Gasteiger partial charge on any atom is 0.140 e. The topological polar surface area (TPSA) is 24.9 Å². The van der Waals surface area contributed by atoms with Gasteiger partial charge in [-0.1, -0.05) is 23.8 Å². The van der Waals surface area contributed by atoms with Crippen molar-refractivity contribution in [2.45, 2.75) is 26.2 Å². The highest BCUT2D eigenvalue weighted by molar-refractivity contribution is 7.15. The number of thiazole rings is 1. The zero-order chi connectivity index (χ0) is 11.7. The Balaban J connectivity index is 1.99. The normalized spacial score (nSPS) is 14.9. The van der Waals surface area contributed by atoms with Crippen molar-refractivity contribution in [2.75, 3.05) is 11.9 Å². The van der Waals surface area contributed by atoms with Crippen molar-refractivity contribution in [3.05, 3.63) is 34.7 Å². The molecule has 0 saturated carbocycles. The summed E-state index contributed by atoms with van der Waals surface area (Å²) >= 11 is 1.84. The molecule has 88 valence electrons. The van der Waals surface area contributed by atoms with Crippen LogP contribution in [0, 0.1) is 6.92 Å². The van der Waals surface area contributed by atoms with Crippen LogP contribution < -0.4 is 5.32 Å². The molecule has 0 saturated heterocycles. The molecule has 3 rings (SSSR count). The Morgan fingerprint density at radius 1 is 1.29 bits per heavy atom. The summed E-state index contributed by atoms with van der Waals surface area (Å²) in [4.78, 5) is 6.15. The van der Waals surface area contributed by atoms with Crippen molar-refractivity contribution in [2.24, 2.45) is 0 Å². The van der Waals surface area contributed by atoms with E-state index in [1.54, 1.807) is 0 Å². The number of aryl methyl sites for hydroxylation is 2. The first kappa shape index (κ1) is 10.8. The molecule has 1 aliphatic heterocycles. The highest BCUT2D eigenvalue weighted by Gasteiger charge is 2.14. The van der Waals surface area contributed by atoms with Crippen molar-refractivity contribution >= 4 is 17.2 Å². The lowest BCUT2D eigenvalue weighted by molar-refractivity contribution is 0.790. The summed E-state index contributed by atoms with van der Waals surface area (Å²) in [6.07, 6.45) is 3.70. The first-order valence-corrected chi connectivity index (χ1v) is 6.95. The quantitative estimate of drug-likeness (QED) is 0.823. The molecule has 1 aliphatic rings. The van der Waals surface area contributed by atoms with Gasteiger partial charge in [0, 0.05) is 17.0 Å². The number of rotatable bonds is 1. The maximum absolute atomic E-state index is 4.73. The van der Waals surface area contributed by atoms with Crippen LogP contribution in [0.4, 0.5) is 5.82 Å². The van der Waals surface area contributed by atoms with E-state index >= 15 is 0 Å². The Bertz CT molecular complexity index is 507. The largest absolute Gasteiger partial charge is 0.369 e. The summed E-state index contributed by atoms with van der Waals surface area (Å²) in [7, 11) is 0. The molecule has 0 unspecified atom stereocenters. The number of nitrogens with one attached hydrogen (secondary N) is 1. The van der Waals surface area contributed by atoms with E-state index in [9.17, 15) is 0 Å². The lowest BCUT2D eigenvalue weighted by Gasteiger charge is -1.99. The number of nitrogens with zero attached hydrogens (tertiary/aromatic N) is 1. The molecular weight excluding hydrogens is 228 g/mol. The van der Waals surface area contributed by atoms with Crippen molar-refractivity contribution in [1.29, 1.82) is 0 Å². The standard InChI is InChI=1S/C14H16N2S/c1-10-5-4-6-11(9-10)14-16-13-12(17-14)7-2-3-8-15-13/h4-6,9,15H,2-3,7-8H2,1H3. The van der Waals surface area contributed by atoms with Gasteiger partial charge in [0.1, 0.15) is 10.8 Å². The Hall–Kier alpha value is -1.35. The Kier molecular flexibility index (Phi) is 2.85. The van der Waals surface area contributed by atoms with E-state index in [0.717, 1.165) is 17.4 Å². The molecule has 1 aromatic carbocycles. The van der Waals surface area contributed by atoms with Crippen molar-refractivity contribution in [1.82, 2.24) is 4.98 Å². The third-order valence-electron chi connectivity index (χ3n) is 3.09. The zero-order valence-electron chi connectivity index (χ0n) is 9.99. The van der Waals surface area contributed by atoms with Gasteiger partial charge < -0.3 is 5.32 Å². The molecule has 1 aromatic heterocycles. The van der Waals surface area contributed by atoms with Gasteiger partial charge in [-0.05, 0) is 32.3 Å². The van der Waals surface area contributed by atoms with E-state index in [1.807, 2.05) is 11.3 Å². The Morgan fingerprint density at radius 2 is 2.24 bits per heavy atom. The van der Waals surface area contributed by atoms with E-state index in [-0.39, 0.29) is 0 Å². The number of benzene rings is 1. The molecule has 0 radical (unpaired) electrons. The highest BCUT2D eigenvalue weighted by Crippen LogP contribution is 2.33. The fourth-order valence-corrected chi connectivity index (χ4v) is 3.25. The van der Waals surface area contributed by atoms with Gasteiger partial charge in [-0.3, -0.25) is 0 Å². The van der Waals surface area contributed by atoms with Gasteiger partial charge in [0.05, 0.1) is 0 Å². The van der Waals surface area contributed by atoms with E-state index in [0.29, 0.717) is 0 Å². The summed E-state index contributed by atoms with van der Waals surface area (Å²) in [6.45, 7) is 3.18. The van der Waals surface area contributed by atoms with Crippen LogP contribution in [-0.2, 0) is 6.42 Å². The molecule has 2 heterocycles. The average molecular weight is 244 g/mol. The fraction of sp³-hybridized carbons (Fsp3) is 0.357. The van der Waals surface area contributed by atoms with Crippen LogP contribution in [0.1, 0.15) is 23.3 Å². The molecule has 0 bridgehead atoms. The van der Waals surface area contributed by atoms with Gasteiger partial charge in [0.2, 0.25) is 0 Å². The lowest BCUT2D eigenvalue weighted by atomic mass is 10.1. The van der Waals surface area contributed by atoms with Crippen LogP contribution in [0.3, 0.4) is 0 Å². The van der Waals surface area contributed by atoms with Gasteiger partial charge in [0.15, 0.2) is 0 Å². The van der Waals surface area contributed by atoms with E-state index in [1.165, 1.54) is 35.3 Å². The van der Waals surface area contributed by atoms with E-state index in [2.05, 4.69) is 36.5 Å². The minimum absolute atomic E-state index is 1.06. The fourth-order valence-electron chi connectivity index (χ4n) is 2.18. The Labute approximate surface area is 106 Å². The minimum Gasteiger partial charge on any atom is -0.369 e. The second kappa shape index (κ2) is 4.49. The molecule has 0 aliphatic carbocycles. The monoisotopic (exact) mass is 244 g/mol. The molecule has 0 fully saturated rings. The molecule has 0 spiro atoms. The summed E-state index contributed by atoms with van der Waals surface area (Å²) < 4.78 is 0. The third kappa shape index (κ3) is 2.20. The van der Waals surface area contributed by atoms with Crippen molar-refractivity contribution < 1.29 is 0 Å². The average Bonchev–Trinajstić information content (AvgIpc) is 2.61. The lowest BCUT2D eigenvalue weighted by Crippen LogP contribution is -1.99. The maximum atomic E-state index is 4.73. The predicted molar refractivity (Wildman–Crippen MR) is 73.7 cm³/mol. The molecule has 0 amide bonds. The SMILES string of the molecule is Cc1cccc(-c2nc3c(s2)CCCCN3)c1. The van der Waals surface area contributed by atoms with Gasteiger partial charge in [0.25, 0.3) is 0 Å². The molecule has 1 N–H and O–H groups in total. The summed E-state index contributed by atoms with van der Waals surface area (Å²) in [5.74, 6) is 1.11. The number of hydrogen-bond acceptors (Lipinski definition) is 3. The molecule has 17 heavy (non-hydrogen) atoms. The summed E-state index contributed by atoms with van der Waals surface area (Å²) in [6, 6.07) is 8.58. The third-order valence-corrected chi connectivity index (χ3v) is 4.25. The van der Waals surface area contributed by atoms with Gasteiger partial charge in [-0.15, -0.1) is 11.3 Å². The van der Waals surface area contributed by atoms with Gasteiger partial charge in [-0.25, -0.2) is 4.98 Å². The minimum atomic E-state index is 1.06. The van der Waals surface area contributed by atoms with Crippen LogP contribution >= 0.6 is 11.3 Å².